The molecule has 1 aliphatic heterocycles. The number of aliphatic hydroxyl groups is 2. The number of hydrogen-bond donors (Lipinski definition) is 2. The highest BCUT2D eigenvalue weighted by Crippen LogP contribution is 2.24. The molecule has 5 heteroatoms. The van der Waals surface area contributed by atoms with E-state index in [4.69, 9.17) is 14.6 Å². The third-order valence-electron chi connectivity index (χ3n) is 2.33. The van der Waals surface area contributed by atoms with Crippen LogP contribution in [0.2, 0.25) is 0 Å². The maximum absolute atomic E-state index is 9.72. The van der Waals surface area contributed by atoms with Gasteiger partial charge in [-0.2, -0.15) is 0 Å². The van der Waals surface area contributed by atoms with E-state index in [9.17, 15) is 5.11 Å². The van der Waals surface area contributed by atoms with Crippen molar-refractivity contribution < 1.29 is 19.7 Å². The standard InChI is InChI=1S/C8H17NO4/c1-9(2)6-5(4-10)13-8(12-3)7(6)11/h5-8,10-11H,4H2,1-3H3/t5-,6+,7-,8-/m1/s1. The van der Waals surface area contributed by atoms with Crippen molar-refractivity contribution in [2.45, 2.75) is 24.5 Å². The minimum Gasteiger partial charge on any atom is -0.394 e. The Labute approximate surface area is 77.9 Å². The molecule has 1 saturated heterocycles. The van der Waals surface area contributed by atoms with Crippen LogP contribution >= 0.6 is 0 Å². The molecule has 0 unspecified atom stereocenters. The molecule has 4 atom stereocenters. The lowest BCUT2D eigenvalue weighted by molar-refractivity contribution is -0.153. The molecule has 2 N–H and O–H groups in total. The van der Waals surface area contributed by atoms with Crippen molar-refractivity contribution in [1.29, 1.82) is 0 Å². The zero-order valence-corrected chi connectivity index (χ0v) is 8.17. The molecule has 0 radical (unpaired) electrons. The molecule has 0 aromatic rings. The van der Waals surface area contributed by atoms with E-state index in [1.165, 1.54) is 7.11 Å². The van der Waals surface area contributed by atoms with Crippen LogP contribution in [0.15, 0.2) is 0 Å². The Kier molecular flexibility index (Phi) is 3.63. The first-order chi connectivity index (χ1) is 6.11. The van der Waals surface area contributed by atoms with Gasteiger partial charge in [-0.25, -0.2) is 0 Å². The smallest absolute Gasteiger partial charge is 0.185 e. The minimum absolute atomic E-state index is 0.111. The van der Waals surface area contributed by atoms with E-state index in [1.807, 2.05) is 19.0 Å². The Morgan fingerprint density at radius 1 is 1.46 bits per heavy atom. The molecular weight excluding hydrogens is 174 g/mol. The first-order valence-corrected chi connectivity index (χ1v) is 4.25. The highest BCUT2D eigenvalue weighted by molar-refractivity contribution is 4.91. The summed E-state index contributed by atoms with van der Waals surface area (Å²) in [7, 11) is 5.14. The number of aliphatic hydroxyl groups excluding tert-OH is 2. The topological polar surface area (TPSA) is 62.2 Å². The monoisotopic (exact) mass is 191 g/mol. The predicted octanol–water partition coefficient (Wildman–Crippen LogP) is -1.36. The largest absolute Gasteiger partial charge is 0.394 e. The fraction of sp³-hybridized carbons (Fsp3) is 1.00. The van der Waals surface area contributed by atoms with E-state index in [0.29, 0.717) is 0 Å². The lowest BCUT2D eigenvalue weighted by atomic mass is 10.1. The first kappa shape index (κ1) is 10.9. The van der Waals surface area contributed by atoms with Crippen LogP contribution in [0.3, 0.4) is 0 Å². The van der Waals surface area contributed by atoms with Gasteiger partial charge in [-0.3, -0.25) is 0 Å². The third kappa shape index (κ3) is 2.00. The van der Waals surface area contributed by atoms with Gasteiger partial charge in [0, 0.05) is 7.11 Å². The van der Waals surface area contributed by atoms with E-state index in [0.717, 1.165) is 0 Å². The molecule has 13 heavy (non-hydrogen) atoms. The van der Waals surface area contributed by atoms with Crippen LogP contribution in [-0.4, -0.2) is 67.5 Å². The van der Waals surface area contributed by atoms with Crippen molar-refractivity contribution in [3.8, 4) is 0 Å². The summed E-state index contributed by atoms with van der Waals surface area (Å²) in [6.45, 7) is -0.111. The van der Waals surface area contributed by atoms with Crippen LogP contribution in [-0.2, 0) is 9.47 Å². The summed E-state index contributed by atoms with van der Waals surface area (Å²) in [5.41, 5.74) is 0. The third-order valence-corrected chi connectivity index (χ3v) is 2.33. The predicted molar refractivity (Wildman–Crippen MR) is 46.2 cm³/mol. The highest BCUT2D eigenvalue weighted by atomic mass is 16.7. The lowest BCUT2D eigenvalue weighted by Crippen LogP contribution is -2.45. The molecule has 1 fully saturated rings. The quantitative estimate of drug-likeness (QED) is 0.577. The number of ether oxygens (including phenoxy) is 2. The molecule has 0 spiro atoms. The Morgan fingerprint density at radius 3 is 2.38 bits per heavy atom. The summed E-state index contributed by atoms with van der Waals surface area (Å²) in [6.07, 6.45) is -1.73. The maximum Gasteiger partial charge on any atom is 0.185 e. The van der Waals surface area contributed by atoms with Crippen molar-refractivity contribution in [3.63, 3.8) is 0 Å². The van der Waals surface area contributed by atoms with Crippen LogP contribution in [0.5, 0.6) is 0 Å². The zero-order valence-electron chi connectivity index (χ0n) is 8.17. The van der Waals surface area contributed by atoms with Gasteiger partial charge in [0.05, 0.1) is 12.6 Å². The maximum atomic E-state index is 9.72. The lowest BCUT2D eigenvalue weighted by Gasteiger charge is -2.25. The Balaban J connectivity index is 2.68. The molecule has 0 aromatic carbocycles. The van der Waals surface area contributed by atoms with Gasteiger partial charge in [0.2, 0.25) is 0 Å². The van der Waals surface area contributed by atoms with E-state index in [2.05, 4.69) is 0 Å². The van der Waals surface area contributed by atoms with Crippen LogP contribution in [0.1, 0.15) is 0 Å². The average Bonchev–Trinajstić information content (AvgIpc) is 2.41. The fourth-order valence-corrected chi connectivity index (χ4v) is 1.70. The average molecular weight is 191 g/mol. The van der Waals surface area contributed by atoms with Gasteiger partial charge < -0.3 is 24.6 Å². The number of hydrogen-bond acceptors (Lipinski definition) is 5. The van der Waals surface area contributed by atoms with E-state index < -0.39 is 12.4 Å². The molecule has 0 aliphatic carbocycles. The number of rotatable bonds is 3. The second kappa shape index (κ2) is 4.34. The van der Waals surface area contributed by atoms with Crippen molar-refractivity contribution in [3.05, 3.63) is 0 Å². The molecule has 0 amide bonds. The molecule has 0 bridgehead atoms. The molecule has 0 aromatic heterocycles. The summed E-state index contributed by atoms with van der Waals surface area (Å²) in [4.78, 5) is 1.82. The molecule has 5 nitrogen and oxygen atoms in total. The summed E-state index contributed by atoms with van der Waals surface area (Å²) in [6, 6.07) is -0.213. The normalized spacial score (nSPS) is 40.2. The SMILES string of the molecule is CO[C@@H]1O[C@H](CO)[C@H](N(C)C)[C@H]1O. The zero-order chi connectivity index (χ0) is 10.0. The summed E-state index contributed by atoms with van der Waals surface area (Å²) in [5.74, 6) is 0. The Hall–Kier alpha value is -0.200. The van der Waals surface area contributed by atoms with Crippen molar-refractivity contribution >= 4 is 0 Å². The first-order valence-electron chi connectivity index (χ1n) is 4.25. The van der Waals surface area contributed by atoms with Crippen LogP contribution in [0, 0.1) is 0 Å². The van der Waals surface area contributed by atoms with Crippen LogP contribution < -0.4 is 0 Å². The van der Waals surface area contributed by atoms with Crippen molar-refractivity contribution in [2.24, 2.45) is 0 Å². The van der Waals surface area contributed by atoms with Crippen LogP contribution in [0.25, 0.3) is 0 Å². The van der Waals surface area contributed by atoms with Gasteiger partial charge in [0.25, 0.3) is 0 Å². The van der Waals surface area contributed by atoms with Gasteiger partial charge in [-0.15, -0.1) is 0 Å². The van der Waals surface area contributed by atoms with Crippen molar-refractivity contribution in [2.75, 3.05) is 27.8 Å². The number of nitrogens with zero attached hydrogens (tertiary/aromatic N) is 1. The molecular formula is C8H17NO4. The van der Waals surface area contributed by atoms with Crippen LogP contribution in [0.4, 0.5) is 0 Å². The molecule has 1 aliphatic rings. The molecule has 0 saturated carbocycles. The number of likely N-dealkylation sites (N-methyl/N-ethyl adjacent to an activating group) is 1. The van der Waals surface area contributed by atoms with Gasteiger partial charge in [0.1, 0.15) is 12.2 Å². The molecule has 78 valence electrons. The van der Waals surface area contributed by atoms with Crippen molar-refractivity contribution in [1.82, 2.24) is 4.90 Å². The Morgan fingerprint density at radius 2 is 2.08 bits per heavy atom. The van der Waals surface area contributed by atoms with Gasteiger partial charge in [-0.05, 0) is 14.1 Å². The summed E-state index contributed by atoms with van der Waals surface area (Å²) < 4.78 is 10.2. The van der Waals surface area contributed by atoms with Gasteiger partial charge >= 0.3 is 0 Å². The highest BCUT2D eigenvalue weighted by Gasteiger charge is 2.44. The second-order valence-electron chi connectivity index (χ2n) is 3.41. The van der Waals surface area contributed by atoms with E-state index in [-0.39, 0.29) is 18.8 Å². The number of methoxy groups -OCH3 is 1. The van der Waals surface area contributed by atoms with E-state index >= 15 is 0 Å². The molecule has 1 rings (SSSR count). The summed E-state index contributed by atoms with van der Waals surface area (Å²) in [5, 5.41) is 18.7. The molecule has 1 heterocycles. The minimum atomic E-state index is -0.711. The van der Waals surface area contributed by atoms with Gasteiger partial charge in [0.15, 0.2) is 6.29 Å². The summed E-state index contributed by atoms with van der Waals surface area (Å²) >= 11 is 0. The van der Waals surface area contributed by atoms with Gasteiger partial charge in [-0.1, -0.05) is 0 Å². The fourth-order valence-electron chi connectivity index (χ4n) is 1.70. The van der Waals surface area contributed by atoms with E-state index in [1.54, 1.807) is 0 Å². The second-order valence-corrected chi connectivity index (χ2v) is 3.41. The Bertz CT molecular complexity index is 162.